The molecule has 6 heteroatoms. The number of nitrogens with one attached hydrogen (secondary N) is 2. The van der Waals surface area contributed by atoms with Gasteiger partial charge in [0.2, 0.25) is 5.91 Å². The van der Waals surface area contributed by atoms with E-state index in [1.807, 2.05) is 0 Å². The van der Waals surface area contributed by atoms with Crippen molar-refractivity contribution in [3.63, 3.8) is 0 Å². The minimum atomic E-state index is 0. The lowest BCUT2D eigenvalue weighted by Gasteiger charge is -2.38. The molecule has 0 aromatic carbocycles. The van der Waals surface area contributed by atoms with Crippen LogP contribution >= 0.6 is 12.4 Å². The van der Waals surface area contributed by atoms with Gasteiger partial charge in [-0.1, -0.05) is 19.8 Å². The Balaban J connectivity index is 0.00000192. The van der Waals surface area contributed by atoms with Crippen molar-refractivity contribution in [2.75, 3.05) is 45.8 Å². The van der Waals surface area contributed by atoms with Crippen LogP contribution in [0.4, 0.5) is 0 Å². The average Bonchev–Trinajstić information content (AvgIpc) is 3.05. The highest BCUT2D eigenvalue weighted by molar-refractivity contribution is 5.85. The molecule has 5 nitrogen and oxygen atoms in total. The van der Waals surface area contributed by atoms with Gasteiger partial charge < -0.3 is 10.6 Å². The standard InChI is InChI=1S/C17H32N4O.ClH/c1-14-4-2-3-5-16(14)19-17(22)13-20-8-10-21(11-9-20)15-6-7-18-12-15;/h14-16,18H,2-13H2,1H3,(H,19,22);1H. The number of piperazine rings is 1. The predicted octanol–water partition coefficient (Wildman–Crippen LogP) is 1.08. The number of amides is 1. The van der Waals surface area contributed by atoms with E-state index in [2.05, 4.69) is 27.4 Å². The molecule has 2 aliphatic heterocycles. The Bertz CT molecular complexity index is 368. The van der Waals surface area contributed by atoms with Gasteiger partial charge in [-0.15, -0.1) is 12.4 Å². The van der Waals surface area contributed by atoms with Crippen molar-refractivity contribution in [1.29, 1.82) is 0 Å². The zero-order chi connectivity index (χ0) is 15.4. The van der Waals surface area contributed by atoms with Crippen molar-refractivity contribution in [2.45, 2.75) is 51.1 Å². The third-order valence-corrected chi connectivity index (χ3v) is 5.78. The van der Waals surface area contributed by atoms with E-state index in [0.29, 0.717) is 18.5 Å². The molecule has 3 unspecified atom stereocenters. The van der Waals surface area contributed by atoms with Gasteiger partial charge in [0.05, 0.1) is 6.54 Å². The van der Waals surface area contributed by atoms with Crippen LogP contribution in [0.3, 0.4) is 0 Å². The molecule has 3 fully saturated rings. The number of hydrogen-bond acceptors (Lipinski definition) is 4. The largest absolute Gasteiger partial charge is 0.352 e. The van der Waals surface area contributed by atoms with Crippen LogP contribution in [0.1, 0.15) is 39.0 Å². The first-order valence-corrected chi connectivity index (χ1v) is 9.19. The summed E-state index contributed by atoms with van der Waals surface area (Å²) in [5.74, 6) is 0.874. The van der Waals surface area contributed by atoms with Gasteiger partial charge in [-0.2, -0.15) is 0 Å². The SMILES string of the molecule is CC1CCCCC1NC(=O)CN1CCN(C2CCNC2)CC1.Cl. The topological polar surface area (TPSA) is 47.6 Å². The van der Waals surface area contributed by atoms with E-state index < -0.39 is 0 Å². The van der Waals surface area contributed by atoms with Crippen LogP contribution in [-0.4, -0.2) is 73.6 Å². The van der Waals surface area contributed by atoms with Gasteiger partial charge >= 0.3 is 0 Å². The van der Waals surface area contributed by atoms with E-state index in [-0.39, 0.29) is 18.3 Å². The molecule has 3 atom stereocenters. The Morgan fingerprint density at radius 3 is 2.52 bits per heavy atom. The molecular formula is C17H33ClN4O. The maximum Gasteiger partial charge on any atom is 0.234 e. The molecule has 1 aliphatic carbocycles. The van der Waals surface area contributed by atoms with Crippen LogP contribution in [0.15, 0.2) is 0 Å². The van der Waals surface area contributed by atoms with Crippen molar-refractivity contribution >= 4 is 18.3 Å². The van der Waals surface area contributed by atoms with Crippen LogP contribution in [0, 0.1) is 5.92 Å². The van der Waals surface area contributed by atoms with Gasteiger partial charge in [-0.3, -0.25) is 14.6 Å². The third-order valence-electron chi connectivity index (χ3n) is 5.78. The van der Waals surface area contributed by atoms with E-state index in [4.69, 9.17) is 0 Å². The maximum atomic E-state index is 12.3. The Morgan fingerprint density at radius 1 is 1.13 bits per heavy atom. The highest BCUT2D eigenvalue weighted by atomic mass is 35.5. The number of carbonyl (C=O) groups excluding carboxylic acids is 1. The molecule has 0 bridgehead atoms. The summed E-state index contributed by atoms with van der Waals surface area (Å²) in [5, 5.41) is 6.72. The molecule has 1 amide bonds. The number of carbonyl (C=O) groups is 1. The lowest BCUT2D eigenvalue weighted by atomic mass is 9.86. The molecule has 0 spiro atoms. The molecule has 1 saturated carbocycles. The van der Waals surface area contributed by atoms with Gasteiger partial charge in [-0.25, -0.2) is 0 Å². The van der Waals surface area contributed by atoms with Crippen LogP contribution in [0.25, 0.3) is 0 Å². The van der Waals surface area contributed by atoms with Crippen LogP contribution in [0.2, 0.25) is 0 Å². The molecule has 2 heterocycles. The number of rotatable bonds is 4. The molecule has 134 valence electrons. The van der Waals surface area contributed by atoms with Gasteiger partial charge in [-0.05, 0) is 31.7 Å². The Hall–Kier alpha value is -0.360. The fourth-order valence-corrected chi connectivity index (χ4v) is 4.22. The van der Waals surface area contributed by atoms with E-state index >= 15 is 0 Å². The Morgan fingerprint density at radius 2 is 1.87 bits per heavy atom. The van der Waals surface area contributed by atoms with E-state index in [0.717, 1.165) is 51.7 Å². The first-order chi connectivity index (χ1) is 10.7. The first-order valence-electron chi connectivity index (χ1n) is 9.19. The second-order valence-corrected chi connectivity index (χ2v) is 7.39. The predicted molar refractivity (Wildman–Crippen MR) is 96.1 cm³/mol. The van der Waals surface area contributed by atoms with Crippen LogP contribution < -0.4 is 10.6 Å². The maximum absolute atomic E-state index is 12.3. The van der Waals surface area contributed by atoms with Gasteiger partial charge in [0.15, 0.2) is 0 Å². The second-order valence-electron chi connectivity index (χ2n) is 7.39. The molecule has 0 aromatic heterocycles. The summed E-state index contributed by atoms with van der Waals surface area (Å²) in [6.45, 7) is 9.44. The smallest absolute Gasteiger partial charge is 0.234 e. The van der Waals surface area contributed by atoms with Crippen LogP contribution in [-0.2, 0) is 4.79 Å². The molecular weight excluding hydrogens is 312 g/mol. The van der Waals surface area contributed by atoms with Crippen molar-refractivity contribution in [2.24, 2.45) is 5.92 Å². The lowest BCUT2D eigenvalue weighted by Crippen LogP contribution is -2.53. The zero-order valence-corrected chi connectivity index (χ0v) is 15.2. The monoisotopic (exact) mass is 344 g/mol. The average molecular weight is 345 g/mol. The molecule has 0 aromatic rings. The van der Waals surface area contributed by atoms with Crippen molar-refractivity contribution in [1.82, 2.24) is 20.4 Å². The highest BCUT2D eigenvalue weighted by Crippen LogP contribution is 2.23. The summed E-state index contributed by atoms with van der Waals surface area (Å²) in [4.78, 5) is 17.2. The summed E-state index contributed by atoms with van der Waals surface area (Å²) in [6.07, 6.45) is 6.30. The summed E-state index contributed by atoms with van der Waals surface area (Å²) in [6, 6.07) is 1.13. The van der Waals surface area contributed by atoms with E-state index in [1.165, 1.54) is 25.7 Å². The third kappa shape index (κ3) is 5.31. The Labute approximate surface area is 146 Å². The summed E-state index contributed by atoms with van der Waals surface area (Å²) in [7, 11) is 0. The first kappa shape index (κ1) is 19.0. The van der Waals surface area contributed by atoms with Gasteiger partial charge in [0, 0.05) is 44.8 Å². The number of nitrogens with zero attached hydrogens (tertiary/aromatic N) is 2. The molecule has 2 N–H and O–H groups in total. The molecule has 3 aliphatic rings. The second kappa shape index (κ2) is 9.21. The number of halogens is 1. The normalized spacial score (nSPS) is 33.2. The van der Waals surface area contributed by atoms with Gasteiger partial charge in [0.25, 0.3) is 0 Å². The van der Waals surface area contributed by atoms with Crippen LogP contribution in [0.5, 0.6) is 0 Å². The minimum Gasteiger partial charge on any atom is -0.352 e. The fraction of sp³-hybridized carbons (Fsp3) is 0.941. The summed E-state index contributed by atoms with van der Waals surface area (Å²) < 4.78 is 0. The van der Waals surface area contributed by atoms with Crippen molar-refractivity contribution in [3.8, 4) is 0 Å². The Kier molecular flexibility index (Phi) is 7.60. The van der Waals surface area contributed by atoms with E-state index in [9.17, 15) is 4.79 Å². The van der Waals surface area contributed by atoms with E-state index in [1.54, 1.807) is 0 Å². The quantitative estimate of drug-likeness (QED) is 0.801. The summed E-state index contributed by atoms with van der Waals surface area (Å²) >= 11 is 0. The minimum absolute atomic E-state index is 0. The fourth-order valence-electron chi connectivity index (χ4n) is 4.22. The molecule has 0 radical (unpaired) electrons. The lowest BCUT2D eigenvalue weighted by molar-refractivity contribution is -0.124. The number of hydrogen-bond donors (Lipinski definition) is 2. The zero-order valence-electron chi connectivity index (χ0n) is 14.4. The molecule has 2 saturated heterocycles. The van der Waals surface area contributed by atoms with Crippen molar-refractivity contribution in [3.05, 3.63) is 0 Å². The molecule has 3 rings (SSSR count). The van der Waals surface area contributed by atoms with Crippen molar-refractivity contribution < 1.29 is 4.79 Å². The highest BCUT2D eigenvalue weighted by Gasteiger charge is 2.27. The summed E-state index contributed by atoms with van der Waals surface area (Å²) in [5.41, 5.74) is 0. The van der Waals surface area contributed by atoms with Gasteiger partial charge in [0.1, 0.15) is 0 Å². The molecule has 23 heavy (non-hydrogen) atoms.